The van der Waals surface area contributed by atoms with Crippen molar-refractivity contribution >= 4 is 10.8 Å². The van der Waals surface area contributed by atoms with Gasteiger partial charge in [0.2, 0.25) is 0 Å². The normalized spacial score (nSPS) is 12.4. The summed E-state index contributed by atoms with van der Waals surface area (Å²) in [7, 11) is 0. The van der Waals surface area contributed by atoms with E-state index in [9.17, 15) is 0 Å². The second-order valence-electron chi connectivity index (χ2n) is 4.96. The van der Waals surface area contributed by atoms with Gasteiger partial charge in [0.15, 0.2) is 0 Å². The van der Waals surface area contributed by atoms with E-state index in [2.05, 4.69) is 51.5 Å². The molecule has 1 unspecified atom stereocenters. The lowest BCUT2D eigenvalue weighted by Gasteiger charge is -2.20. The van der Waals surface area contributed by atoms with Crippen molar-refractivity contribution in [3.8, 4) is 0 Å². The molecule has 1 N–H and O–H groups in total. The van der Waals surface area contributed by atoms with Gasteiger partial charge in [0.05, 0.1) is 17.9 Å². The zero-order valence-electron chi connectivity index (χ0n) is 12.0. The van der Waals surface area contributed by atoms with Gasteiger partial charge in [0.1, 0.15) is 0 Å². The SMILES string of the molecule is CCCNC(c1cnccn1)c1cccc2cnccc12. The number of benzene rings is 1. The van der Waals surface area contributed by atoms with Crippen LogP contribution >= 0.6 is 0 Å². The molecule has 1 aromatic carbocycles. The number of hydrogen-bond acceptors (Lipinski definition) is 4. The van der Waals surface area contributed by atoms with Crippen molar-refractivity contribution in [1.29, 1.82) is 0 Å². The summed E-state index contributed by atoms with van der Waals surface area (Å²) < 4.78 is 0. The summed E-state index contributed by atoms with van der Waals surface area (Å²) >= 11 is 0. The molecule has 4 nitrogen and oxygen atoms in total. The highest BCUT2D eigenvalue weighted by Crippen LogP contribution is 2.27. The monoisotopic (exact) mass is 278 g/mol. The fraction of sp³-hybridized carbons (Fsp3) is 0.235. The minimum atomic E-state index is 0.0461. The largest absolute Gasteiger partial charge is 0.305 e. The molecule has 0 spiro atoms. The average Bonchev–Trinajstić information content (AvgIpc) is 2.56. The molecule has 0 bridgehead atoms. The lowest BCUT2D eigenvalue weighted by molar-refractivity contribution is 0.587. The Morgan fingerprint density at radius 1 is 1.05 bits per heavy atom. The molecule has 3 aromatic rings. The number of nitrogens with zero attached hydrogens (tertiary/aromatic N) is 3. The van der Waals surface area contributed by atoms with Crippen LogP contribution in [0.2, 0.25) is 0 Å². The molecule has 0 radical (unpaired) electrons. The van der Waals surface area contributed by atoms with Crippen molar-refractivity contribution < 1.29 is 0 Å². The zero-order chi connectivity index (χ0) is 14.5. The number of pyridine rings is 1. The Balaban J connectivity index is 2.10. The second-order valence-corrected chi connectivity index (χ2v) is 4.96. The van der Waals surface area contributed by atoms with Gasteiger partial charge in [-0.2, -0.15) is 0 Å². The molecule has 21 heavy (non-hydrogen) atoms. The molecule has 0 aliphatic carbocycles. The summed E-state index contributed by atoms with van der Waals surface area (Å²) in [4.78, 5) is 12.9. The molecule has 2 aromatic heterocycles. The van der Waals surface area contributed by atoms with Crippen LogP contribution < -0.4 is 5.32 Å². The fourth-order valence-corrected chi connectivity index (χ4v) is 2.52. The van der Waals surface area contributed by atoms with E-state index in [1.807, 2.05) is 18.6 Å². The predicted molar refractivity (Wildman–Crippen MR) is 83.9 cm³/mol. The number of rotatable bonds is 5. The number of fused-ring (bicyclic) bond motifs is 1. The smallest absolute Gasteiger partial charge is 0.0801 e. The van der Waals surface area contributed by atoms with Gasteiger partial charge in [-0.15, -0.1) is 0 Å². The maximum Gasteiger partial charge on any atom is 0.0801 e. The van der Waals surface area contributed by atoms with Crippen LogP contribution in [0, 0.1) is 0 Å². The Morgan fingerprint density at radius 2 is 1.95 bits per heavy atom. The third-order valence-corrected chi connectivity index (χ3v) is 3.50. The quantitative estimate of drug-likeness (QED) is 0.779. The van der Waals surface area contributed by atoms with Crippen molar-refractivity contribution in [3.63, 3.8) is 0 Å². The first-order chi connectivity index (χ1) is 10.4. The summed E-state index contributed by atoms with van der Waals surface area (Å²) in [5.74, 6) is 0. The average molecular weight is 278 g/mol. The van der Waals surface area contributed by atoms with E-state index in [0.29, 0.717) is 0 Å². The minimum Gasteiger partial charge on any atom is -0.305 e. The third kappa shape index (κ3) is 2.90. The number of nitrogens with one attached hydrogen (secondary N) is 1. The lowest BCUT2D eigenvalue weighted by atomic mass is 9.98. The molecule has 1 atom stereocenters. The molecular formula is C17H18N4. The molecule has 0 saturated carbocycles. The van der Waals surface area contributed by atoms with Gasteiger partial charge in [-0.1, -0.05) is 25.1 Å². The van der Waals surface area contributed by atoms with E-state index in [1.54, 1.807) is 12.4 Å². The molecule has 106 valence electrons. The summed E-state index contributed by atoms with van der Waals surface area (Å²) in [6.07, 6.45) is 10.1. The predicted octanol–water partition coefficient (Wildman–Crippen LogP) is 3.11. The van der Waals surface area contributed by atoms with Gasteiger partial charge in [-0.25, -0.2) is 0 Å². The van der Waals surface area contributed by atoms with E-state index in [1.165, 1.54) is 10.9 Å². The Morgan fingerprint density at radius 3 is 2.76 bits per heavy atom. The van der Waals surface area contributed by atoms with Gasteiger partial charge in [-0.3, -0.25) is 15.0 Å². The summed E-state index contributed by atoms with van der Waals surface area (Å²) in [5, 5.41) is 5.91. The van der Waals surface area contributed by atoms with Gasteiger partial charge in [0.25, 0.3) is 0 Å². The highest BCUT2D eigenvalue weighted by molar-refractivity contribution is 5.85. The molecule has 0 amide bonds. The van der Waals surface area contributed by atoms with Gasteiger partial charge < -0.3 is 5.32 Å². The zero-order valence-corrected chi connectivity index (χ0v) is 12.0. The van der Waals surface area contributed by atoms with E-state index in [-0.39, 0.29) is 6.04 Å². The Bertz CT molecular complexity index is 707. The van der Waals surface area contributed by atoms with Crippen LogP contribution in [0.4, 0.5) is 0 Å². The number of aromatic nitrogens is 3. The molecular weight excluding hydrogens is 260 g/mol. The van der Waals surface area contributed by atoms with E-state index < -0.39 is 0 Å². The highest BCUT2D eigenvalue weighted by atomic mass is 14.9. The van der Waals surface area contributed by atoms with Crippen molar-refractivity contribution in [3.05, 3.63) is 66.5 Å². The van der Waals surface area contributed by atoms with Crippen LogP contribution in [0.25, 0.3) is 10.8 Å². The standard InChI is InChI=1S/C17H18N4/c1-2-7-21-17(16-12-19-9-10-20-16)15-5-3-4-13-11-18-8-6-14(13)15/h3-6,8-12,17,21H,2,7H2,1H3. The van der Waals surface area contributed by atoms with Crippen LogP contribution in [-0.2, 0) is 0 Å². The minimum absolute atomic E-state index is 0.0461. The van der Waals surface area contributed by atoms with Crippen molar-refractivity contribution in [1.82, 2.24) is 20.3 Å². The van der Waals surface area contributed by atoms with Crippen molar-refractivity contribution in [2.45, 2.75) is 19.4 Å². The van der Waals surface area contributed by atoms with Crippen LogP contribution in [0.15, 0.2) is 55.2 Å². The summed E-state index contributed by atoms with van der Waals surface area (Å²) in [5.41, 5.74) is 2.15. The Kier molecular flexibility index (Phi) is 4.17. The van der Waals surface area contributed by atoms with E-state index in [4.69, 9.17) is 0 Å². The van der Waals surface area contributed by atoms with Crippen molar-refractivity contribution in [2.75, 3.05) is 6.54 Å². The van der Waals surface area contributed by atoms with Crippen LogP contribution in [-0.4, -0.2) is 21.5 Å². The van der Waals surface area contributed by atoms with Crippen LogP contribution in [0.3, 0.4) is 0 Å². The Hall–Kier alpha value is -2.33. The number of hydrogen-bond donors (Lipinski definition) is 1. The van der Waals surface area contributed by atoms with Gasteiger partial charge >= 0.3 is 0 Å². The van der Waals surface area contributed by atoms with Gasteiger partial charge in [-0.05, 0) is 30.0 Å². The molecule has 0 fully saturated rings. The molecule has 0 aliphatic rings. The first-order valence-corrected chi connectivity index (χ1v) is 7.22. The van der Waals surface area contributed by atoms with Crippen LogP contribution in [0.1, 0.15) is 30.6 Å². The second kappa shape index (κ2) is 6.41. The third-order valence-electron chi connectivity index (χ3n) is 3.50. The Labute approximate surface area is 124 Å². The molecule has 4 heteroatoms. The molecule has 0 aliphatic heterocycles. The molecule has 2 heterocycles. The van der Waals surface area contributed by atoms with Crippen molar-refractivity contribution in [2.24, 2.45) is 0 Å². The van der Waals surface area contributed by atoms with Crippen LogP contribution in [0.5, 0.6) is 0 Å². The fourth-order valence-electron chi connectivity index (χ4n) is 2.52. The maximum atomic E-state index is 4.47. The molecule has 3 rings (SSSR count). The first-order valence-electron chi connectivity index (χ1n) is 7.22. The van der Waals surface area contributed by atoms with E-state index in [0.717, 1.165) is 24.0 Å². The topological polar surface area (TPSA) is 50.7 Å². The van der Waals surface area contributed by atoms with E-state index >= 15 is 0 Å². The van der Waals surface area contributed by atoms with Gasteiger partial charge in [0, 0.05) is 30.2 Å². The highest BCUT2D eigenvalue weighted by Gasteiger charge is 2.17. The maximum absolute atomic E-state index is 4.47. The summed E-state index contributed by atoms with van der Waals surface area (Å²) in [6.45, 7) is 3.09. The lowest BCUT2D eigenvalue weighted by Crippen LogP contribution is -2.24. The first kappa shape index (κ1) is 13.6. The summed E-state index contributed by atoms with van der Waals surface area (Å²) in [6, 6.07) is 8.40. The molecule has 0 saturated heterocycles.